The van der Waals surface area contributed by atoms with E-state index in [1.165, 1.54) is 10.5 Å². The van der Waals surface area contributed by atoms with Crippen molar-refractivity contribution in [1.29, 1.82) is 0 Å². The molecule has 0 atom stereocenters. The van der Waals surface area contributed by atoms with Gasteiger partial charge in [0.05, 0.1) is 0 Å². The lowest BCUT2D eigenvalue weighted by molar-refractivity contribution is 1.47. The summed E-state index contributed by atoms with van der Waals surface area (Å²) in [6.45, 7) is 3.86. The molecule has 0 radical (unpaired) electrons. The highest BCUT2D eigenvalue weighted by atomic mass is 32.2. The predicted octanol–water partition coefficient (Wildman–Crippen LogP) is 5.01. The topological polar surface area (TPSA) is 0 Å². The number of rotatable bonds is 4. The van der Waals surface area contributed by atoms with E-state index >= 15 is 0 Å². The van der Waals surface area contributed by atoms with E-state index in [1.54, 1.807) is 11.8 Å². The van der Waals surface area contributed by atoms with Gasteiger partial charge in [0.15, 0.2) is 0 Å². The Bertz CT molecular complexity index is 498. The lowest BCUT2D eigenvalue weighted by atomic mass is 10.2. The fourth-order valence-electron chi connectivity index (χ4n) is 1.47. The Morgan fingerprint density at radius 1 is 0.882 bits per heavy atom. The van der Waals surface area contributed by atoms with Crippen LogP contribution in [0.1, 0.15) is 5.56 Å². The van der Waals surface area contributed by atoms with E-state index in [0.717, 1.165) is 4.91 Å². The van der Waals surface area contributed by atoms with E-state index in [0.29, 0.717) is 0 Å². The van der Waals surface area contributed by atoms with Crippen LogP contribution in [0.4, 0.5) is 0 Å². The number of thioether (sulfide) groups is 1. The van der Waals surface area contributed by atoms with E-state index in [-0.39, 0.29) is 0 Å². The highest BCUT2D eigenvalue weighted by molar-refractivity contribution is 8.03. The molecule has 17 heavy (non-hydrogen) atoms. The van der Waals surface area contributed by atoms with Gasteiger partial charge in [-0.05, 0) is 23.8 Å². The summed E-state index contributed by atoms with van der Waals surface area (Å²) in [6.07, 6.45) is 4.04. The second kappa shape index (κ2) is 6.12. The molecule has 0 aliphatic rings. The summed E-state index contributed by atoms with van der Waals surface area (Å²) in [5.74, 6) is 0. The summed E-state index contributed by atoms with van der Waals surface area (Å²) >= 11 is 1.73. The zero-order chi connectivity index (χ0) is 11.9. The minimum Gasteiger partial charge on any atom is -0.0979 e. The molecule has 0 bridgehead atoms. The van der Waals surface area contributed by atoms with Crippen LogP contribution in [0.3, 0.4) is 0 Å². The maximum absolute atomic E-state index is 3.86. The summed E-state index contributed by atoms with van der Waals surface area (Å²) in [7, 11) is 0. The van der Waals surface area contributed by atoms with Gasteiger partial charge < -0.3 is 0 Å². The molecule has 0 fully saturated rings. The summed E-state index contributed by atoms with van der Waals surface area (Å²) in [4.78, 5) is 2.39. The second-order valence-electron chi connectivity index (χ2n) is 3.58. The highest BCUT2D eigenvalue weighted by Crippen LogP contribution is 2.28. The third kappa shape index (κ3) is 3.65. The van der Waals surface area contributed by atoms with Crippen molar-refractivity contribution in [3.05, 3.63) is 83.8 Å². The minimum atomic E-state index is 1.16. The minimum absolute atomic E-state index is 1.16. The Kier molecular flexibility index (Phi) is 4.23. The molecule has 0 heterocycles. The maximum Gasteiger partial charge on any atom is 0.0122 e. The van der Waals surface area contributed by atoms with E-state index < -0.39 is 0 Å². The quantitative estimate of drug-likeness (QED) is 0.533. The second-order valence-corrected chi connectivity index (χ2v) is 4.72. The van der Waals surface area contributed by atoms with Crippen molar-refractivity contribution in [1.82, 2.24) is 0 Å². The summed E-state index contributed by atoms with van der Waals surface area (Å²) < 4.78 is 0. The standard InChI is InChI=1S/C16H14S/c1-2-15(13-14-9-5-3-6-10-14)17-16-11-7-4-8-12-16/h2-13H,1H2/b15-13+. The summed E-state index contributed by atoms with van der Waals surface area (Å²) in [5, 5.41) is 0. The normalized spacial score (nSPS) is 11.2. The summed E-state index contributed by atoms with van der Waals surface area (Å²) in [6, 6.07) is 20.6. The van der Waals surface area contributed by atoms with Crippen LogP contribution in [0.15, 0.2) is 83.1 Å². The molecule has 0 aliphatic heterocycles. The Morgan fingerprint density at radius 2 is 1.47 bits per heavy atom. The molecule has 0 aliphatic carbocycles. The zero-order valence-corrected chi connectivity index (χ0v) is 10.4. The van der Waals surface area contributed by atoms with E-state index in [2.05, 4.69) is 36.9 Å². The number of hydrogen-bond donors (Lipinski definition) is 0. The van der Waals surface area contributed by atoms with Gasteiger partial charge in [0.1, 0.15) is 0 Å². The zero-order valence-electron chi connectivity index (χ0n) is 9.54. The van der Waals surface area contributed by atoms with Gasteiger partial charge in [-0.2, -0.15) is 0 Å². The largest absolute Gasteiger partial charge is 0.0979 e. The Morgan fingerprint density at radius 3 is 2.06 bits per heavy atom. The van der Waals surface area contributed by atoms with Gasteiger partial charge in [0.25, 0.3) is 0 Å². The lowest BCUT2D eigenvalue weighted by Gasteiger charge is -2.02. The fourth-order valence-corrected chi connectivity index (χ4v) is 2.31. The Balaban J connectivity index is 2.18. The first kappa shape index (κ1) is 11.7. The molecule has 0 N–H and O–H groups in total. The van der Waals surface area contributed by atoms with Crippen LogP contribution in [-0.4, -0.2) is 0 Å². The molecule has 0 saturated heterocycles. The first-order valence-corrected chi connectivity index (χ1v) is 6.32. The molecule has 0 unspecified atom stereocenters. The number of allylic oxidation sites excluding steroid dienone is 1. The molecule has 0 nitrogen and oxygen atoms in total. The van der Waals surface area contributed by atoms with Gasteiger partial charge >= 0.3 is 0 Å². The lowest BCUT2D eigenvalue weighted by Crippen LogP contribution is -1.75. The third-order valence-corrected chi connectivity index (χ3v) is 3.32. The van der Waals surface area contributed by atoms with E-state index in [4.69, 9.17) is 0 Å². The van der Waals surface area contributed by atoms with Crippen molar-refractivity contribution < 1.29 is 0 Å². The van der Waals surface area contributed by atoms with Gasteiger partial charge in [0.2, 0.25) is 0 Å². The van der Waals surface area contributed by atoms with Crippen LogP contribution in [0.5, 0.6) is 0 Å². The number of benzene rings is 2. The highest BCUT2D eigenvalue weighted by Gasteiger charge is 1.96. The van der Waals surface area contributed by atoms with Crippen molar-refractivity contribution in [3.63, 3.8) is 0 Å². The van der Waals surface area contributed by atoms with Gasteiger partial charge in [0, 0.05) is 9.80 Å². The third-order valence-electron chi connectivity index (χ3n) is 2.29. The van der Waals surface area contributed by atoms with Crippen LogP contribution >= 0.6 is 11.8 Å². The molecular weight excluding hydrogens is 224 g/mol. The maximum atomic E-state index is 3.86. The van der Waals surface area contributed by atoms with Crippen LogP contribution in [0.2, 0.25) is 0 Å². The Hall–Kier alpha value is -1.73. The molecule has 84 valence electrons. The molecule has 1 heteroatoms. The molecule has 0 saturated carbocycles. The smallest absolute Gasteiger partial charge is 0.0122 e. The van der Waals surface area contributed by atoms with Crippen molar-refractivity contribution in [2.24, 2.45) is 0 Å². The van der Waals surface area contributed by atoms with E-state index in [1.807, 2.05) is 42.5 Å². The van der Waals surface area contributed by atoms with Crippen molar-refractivity contribution in [2.75, 3.05) is 0 Å². The first-order chi connectivity index (χ1) is 8.38. The van der Waals surface area contributed by atoms with Crippen LogP contribution in [0.25, 0.3) is 6.08 Å². The molecule has 2 aromatic carbocycles. The SMILES string of the molecule is C=C/C(=C\c1ccccc1)Sc1ccccc1. The van der Waals surface area contributed by atoms with Gasteiger partial charge in [-0.15, -0.1) is 0 Å². The van der Waals surface area contributed by atoms with Crippen LogP contribution < -0.4 is 0 Å². The number of hydrogen-bond acceptors (Lipinski definition) is 1. The van der Waals surface area contributed by atoms with Crippen LogP contribution in [0, 0.1) is 0 Å². The molecule has 2 aromatic rings. The average molecular weight is 238 g/mol. The first-order valence-electron chi connectivity index (χ1n) is 5.50. The molecule has 0 amide bonds. The Labute approximate surface area is 107 Å². The van der Waals surface area contributed by atoms with Gasteiger partial charge in [-0.1, -0.05) is 72.9 Å². The molecule has 0 aromatic heterocycles. The summed E-state index contributed by atoms with van der Waals surface area (Å²) in [5.41, 5.74) is 1.20. The van der Waals surface area contributed by atoms with Crippen LogP contribution in [-0.2, 0) is 0 Å². The predicted molar refractivity (Wildman–Crippen MR) is 76.9 cm³/mol. The van der Waals surface area contributed by atoms with Crippen molar-refractivity contribution in [3.8, 4) is 0 Å². The molecular formula is C16H14S. The monoisotopic (exact) mass is 238 g/mol. The fraction of sp³-hybridized carbons (Fsp3) is 0. The average Bonchev–Trinajstić information content (AvgIpc) is 2.40. The van der Waals surface area contributed by atoms with Crippen molar-refractivity contribution in [2.45, 2.75) is 4.90 Å². The van der Waals surface area contributed by atoms with E-state index in [9.17, 15) is 0 Å². The van der Waals surface area contributed by atoms with Gasteiger partial charge in [-0.25, -0.2) is 0 Å². The molecule has 0 spiro atoms. The van der Waals surface area contributed by atoms with Crippen molar-refractivity contribution >= 4 is 17.8 Å². The van der Waals surface area contributed by atoms with Gasteiger partial charge in [-0.3, -0.25) is 0 Å². The molecule has 2 rings (SSSR count).